The van der Waals surface area contributed by atoms with Gasteiger partial charge in [-0.15, -0.1) is 0 Å². The molecule has 0 saturated heterocycles. The second kappa shape index (κ2) is 6.71. The number of hydrogen-bond acceptors (Lipinski definition) is 2. The van der Waals surface area contributed by atoms with Gasteiger partial charge < -0.3 is 11.1 Å². The Labute approximate surface area is 143 Å². The Morgan fingerprint density at radius 2 is 2.12 bits per heavy atom. The summed E-state index contributed by atoms with van der Waals surface area (Å²) >= 11 is 0. The minimum Gasteiger partial charge on any atom is -0.398 e. The van der Waals surface area contributed by atoms with E-state index in [0.717, 1.165) is 35.1 Å². The maximum absolute atomic E-state index is 8.47. The first-order valence-electron chi connectivity index (χ1n) is 8.24. The van der Waals surface area contributed by atoms with Gasteiger partial charge in [-0.1, -0.05) is 56.0 Å². The van der Waals surface area contributed by atoms with Crippen LogP contribution in [0.5, 0.6) is 0 Å². The minimum atomic E-state index is 0.434. The number of rotatable bonds is 5. The van der Waals surface area contributed by atoms with E-state index in [0.29, 0.717) is 11.4 Å². The highest BCUT2D eigenvalue weighted by Gasteiger charge is 2.12. The van der Waals surface area contributed by atoms with Crippen molar-refractivity contribution in [3.05, 3.63) is 82.4 Å². The third kappa shape index (κ3) is 2.95. The standard InChI is InChI=1S/C22H22N2/c1-3-16-11-13-21(24)22(19(16)4-2)20(23)12-9-15-8-10-17-6-5-7-18(17)14-15/h3,5,7-14,23H,1,4,6,24H2,2H3/b12-9+,23-20?. The largest absolute Gasteiger partial charge is 0.398 e. The smallest absolute Gasteiger partial charge is 0.0636 e. The van der Waals surface area contributed by atoms with Crippen LogP contribution in [0.3, 0.4) is 0 Å². The molecule has 2 heteroatoms. The molecule has 1 aliphatic carbocycles. The van der Waals surface area contributed by atoms with Crippen LogP contribution in [0.4, 0.5) is 5.69 Å². The van der Waals surface area contributed by atoms with Gasteiger partial charge in [0.25, 0.3) is 0 Å². The molecule has 3 N–H and O–H groups in total. The first-order valence-corrected chi connectivity index (χ1v) is 8.24. The van der Waals surface area contributed by atoms with Crippen LogP contribution >= 0.6 is 0 Å². The first-order chi connectivity index (χ1) is 11.6. The van der Waals surface area contributed by atoms with E-state index in [1.807, 2.05) is 30.4 Å². The lowest BCUT2D eigenvalue weighted by atomic mass is 9.93. The van der Waals surface area contributed by atoms with Gasteiger partial charge in [0, 0.05) is 11.3 Å². The molecular weight excluding hydrogens is 292 g/mol. The lowest BCUT2D eigenvalue weighted by molar-refractivity contribution is 1.13. The van der Waals surface area contributed by atoms with Crippen LogP contribution < -0.4 is 5.73 Å². The molecule has 2 nitrogen and oxygen atoms in total. The Balaban J connectivity index is 1.92. The molecule has 0 atom stereocenters. The number of allylic oxidation sites excluding steroid dienone is 2. The van der Waals surface area contributed by atoms with Crippen LogP contribution in [-0.4, -0.2) is 5.71 Å². The molecule has 0 amide bonds. The highest BCUT2D eigenvalue weighted by molar-refractivity contribution is 6.13. The summed E-state index contributed by atoms with van der Waals surface area (Å²) in [6.45, 7) is 5.94. The van der Waals surface area contributed by atoms with E-state index >= 15 is 0 Å². The van der Waals surface area contributed by atoms with Gasteiger partial charge in [0.2, 0.25) is 0 Å². The van der Waals surface area contributed by atoms with Gasteiger partial charge in [-0.2, -0.15) is 0 Å². The van der Waals surface area contributed by atoms with Crippen molar-refractivity contribution in [1.29, 1.82) is 5.41 Å². The fourth-order valence-corrected chi connectivity index (χ4v) is 3.21. The zero-order valence-electron chi connectivity index (χ0n) is 14.0. The van der Waals surface area contributed by atoms with Crippen LogP contribution in [0.15, 0.2) is 49.1 Å². The van der Waals surface area contributed by atoms with E-state index in [2.05, 4.69) is 43.9 Å². The number of nitrogen functional groups attached to an aromatic ring is 1. The number of nitrogens with two attached hydrogens (primary N) is 1. The van der Waals surface area contributed by atoms with Crippen molar-refractivity contribution in [3.63, 3.8) is 0 Å². The van der Waals surface area contributed by atoms with E-state index in [1.54, 1.807) is 0 Å². The van der Waals surface area contributed by atoms with Gasteiger partial charge in [-0.3, -0.25) is 0 Å². The third-order valence-electron chi connectivity index (χ3n) is 4.47. The predicted octanol–water partition coefficient (Wildman–Crippen LogP) is 5.12. The number of anilines is 1. The van der Waals surface area contributed by atoms with Gasteiger partial charge in [-0.25, -0.2) is 0 Å². The summed E-state index contributed by atoms with van der Waals surface area (Å²) < 4.78 is 0. The Morgan fingerprint density at radius 1 is 1.29 bits per heavy atom. The van der Waals surface area contributed by atoms with Crippen LogP contribution in [-0.2, 0) is 12.8 Å². The molecule has 0 unspecified atom stereocenters. The Bertz CT molecular complexity index is 870. The van der Waals surface area contributed by atoms with Crippen LogP contribution in [0.25, 0.3) is 18.2 Å². The highest BCUT2D eigenvalue weighted by atomic mass is 14.6. The predicted molar refractivity (Wildman–Crippen MR) is 105 cm³/mol. The van der Waals surface area contributed by atoms with Crippen molar-refractivity contribution in [2.75, 3.05) is 5.73 Å². The fourth-order valence-electron chi connectivity index (χ4n) is 3.21. The van der Waals surface area contributed by atoms with E-state index < -0.39 is 0 Å². The second-order valence-electron chi connectivity index (χ2n) is 5.97. The van der Waals surface area contributed by atoms with Crippen LogP contribution in [0.2, 0.25) is 0 Å². The zero-order valence-corrected chi connectivity index (χ0v) is 14.0. The molecule has 3 rings (SSSR count). The van der Waals surface area contributed by atoms with Gasteiger partial charge in [-0.05, 0) is 58.9 Å². The molecule has 0 heterocycles. The Kier molecular flexibility index (Phi) is 4.48. The number of benzene rings is 2. The second-order valence-corrected chi connectivity index (χ2v) is 5.97. The molecule has 120 valence electrons. The third-order valence-corrected chi connectivity index (χ3v) is 4.47. The van der Waals surface area contributed by atoms with E-state index in [9.17, 15) is 0 Å². The van der Waals surface area contributed by atoms with E-state index in [4.69, 9.17) is 11.1 Å². The summed E-state index contributed by atoms with van der Waals surface area (Å²) in [4.78, 5) is 0. The van der Waals surface area contributed by atoms with E-state index in [1.165, 1.54) is 11.1 Å². The quantitative estimate of drug-likeness (QED) is 0.583. The number of nitrogens with one attached hydrogen (secondary N) is 1. The van der Waals surface area contributed by atoms with Crippen molar-refractivity contribution in [2.45, 2.75) is 19.8 Å². The highest BCUT2D eigenvalue weighted by Crippen LogP contribution is 2.25. The summed E-state index contributed by atoms with van der Waals surface area (Å²) in [5, 5.41) is 8.47. The maximum Gasteiger partial charge on any atom is 0.0636 e. The molecule has 0 spiro atoms. The molecule has 0 aliphatic heterocycles. The maximum atomic E-state index is 8.47. The molecule has 0 fully saturated rings. The number of fused-ring (bicyclic) bond motifs is 1. The molecule has 0 aromatic heterocycles. The average Bonchev–Trinajstić information content (AvgIpc) is 3.06. The summed E-state index contributed by atoms with van der Waals surface area (Å²) in [6, 6.07) is 10.2. The van der Waals surface area contributed by atoms with Gasteiger partial charge in [0.15, 0.2) is 0 Å². The van der Waals surface area contributed by atoms with Crippen molar-refractivity contribution >= 4 is 29.6 Å². The first kappa shape index (κ1) is 16.0. The lowest BCUT2D eigenvalue weighted by Gasteiger charge is -2.13. The van der Waals surface area contributed by atoms with Crippen molar-refractivity contribution in [2.24, 2.45) is 0 Å². The topological polar surface area (TPSA) is 49.9 Å². The summed E-state index contributed by atoms with van der Waals surface area (Å²) in [7, 11) is 0. The zero-order chi connectivity index (χ0) is 17.1. The van der Waals surface area contributed by atoms with Crippen molar-refractivity contribution in [3.8, 4) is 0 Å². The Hall–Kier alpha value is -2.87. The fraction of sp³-hybridized carbons (Fsp3) is 0.136. The van der Waals surface area contributed by atoms with E-state index in [-0.39, 0.29) is 0 Å². The molecule has 2 aromatic carbocycles. The molecule has 1 aliphatic rings. The van der Waals surface area contributed by atoms with Gasteiger partial charge in [0.05, 0.1) is 5.71 Å². The van der Waals surface area contributed by atoms with Crippen LogP contribution in [0, 0.1) is 5.41 Å². The molecule has 0 radical (unpaired) electrons. The summed E-state index contributed by atoms with van der Waals surface area (Å²) in [5.41, 5.74) is 13.9. The Morgan fingerprint density at radius 3 is 2.88 bits per heavy atom. The van der Waals surface area contributed by atoms with Crippen LogP contribution in [0.1, 0.15) is 40.3 Å². The van der Waals surface area contributed by atoms with Crippen molar-refractivity contribution < 1.29 is 0 Å². The molecular formula is C22H22N2. The molecule has 24 heavy (non-hydrogen) atoms. The summed E-state index contributed by atoms with van der Waals surface area (Å²) in [6.07, 6.45) is 11.8. The normalized spacial score (nSPS) is 12.5. The van der Waals surface area contributed by atoms with Gasteiger partial charge in [0.1, 0.15) is 0 Å². The monoisotopic (exact) mass is 314 g/mol. The summed E-state index contributed by atoms with van der Waals surface area (Å²) in [5.74, 6) is 0. The van der Waals surface area contributed by atoms with Gasteiger partial charge >= 0.3 is 0 Å². The van der Waals surface area contributed by atoms with Crippen molar-refractivity contribution in [1.82, 2.24) is 0 Å². The SMILES string of the molecule is C=Cc1ccc(N)c(C(=N)/C=C/c2ccc3c(c2)C=CC3)c1CC. The molecule has 2 aromatic rings. The molecule has 0 saturated carbocycles. The average molecular weight is 314 g/mol. The minimum absolute atomic E-state index is 0.434. The molecule has 0 bridgehead atoms. The number of hydrogen-bond donors (Lipinski definition) is 2. The lowest BCUT2D eigenvalue weighted by Crippen LogP contribution is -2.07.